The molecule has 0 bridgehead atoms. The van der Waals surface area contributed by atoms with Crippen molar-refractivity contribution in [1.29, 1.82) is 0 Å². The molecular weight excluding hydrogens is 669 g/mol. The SMILES string of the molecule is O=C(CCCCCCC(=O)NCc1cccc(-c2ccc([C@H]3O[C@@H](CSc4ccc(C(=O)O)cc4)C[C@@H](c4ccc(CO)cc4)O3)cc2)c1)NO. The van der Waals surface area contributed by atoms with Crippen LogP contribution in [0.1, 0.15) is 90.0 Å². The van der Waals surface area contributed by atoms with Crippen LogP contribution < -0.4 is 10.8 Å². The van der Waals surface area contributed by atoms with Crippen molar-refractivity contribution in [2.45, 2.75) is 81.5 Å². The van der Waals surface area contributed by atoms with Crippen LogP contribution in [0, 0.1) is 0 Å². The van der Waals surface area contributed by atoms with Crippen molar-refractivity contribution in [3.8, 4) is 11.1 Å². The predicted molar refractivity (Wildman–Crippen MR) is 194 cm³/mol. The summed E-state index contributed by atoms with van der Waals surface area (Å²) < 4.78 is 13.0. The number of aliphatic hydroxyl groups is 1. The highest BCUT2D eigenvalue weighted by Gasteiger charge is 2.32. The second kappa shape index (κ2) is 19.2. The number of carboxylic acids is 1. The average Bonchev–Trinajstić information content (AvgIpc) is 3.17. The summed E-state index contributed by atoms with van der Waals surface area (Å²) in [6.45, 7) is 0.397. The first kappa shape index (κ1) is 37.7. The zero-order valence-electron chi connectivity index (χ0n) is 28.3. The van der Waals surface area contributed by atoms with Gasteiger partial charge in [0, 0.05) is 42.0 Å². The lowest BCUT2D eigenvalue weighted by atomic mass is 9.99. The second-order valence-corrected chi connectivity index (χ2v) is 13.6. The molecule has 11 heteroatoms. The molecule has 1 saturated heterocycles. The van der Waals surface area contributed by atoms with E-state index in [4.69, 9.17) is 14.7 Å². The lowest BCUT2D eigenvalue weighted by Gasteiger charge is -2.36. The first-order valence-electron chi connectivity index (χ1n) is 17.2. The smallest absolute Gasteiger partial charge is 0.335 e. The van der Waals surface area contributed by atoms with E-state index in [0.29, 0.717) is 31.6 Å². The third-order valence-corrected chi connectivity index (χ3v) is 9.91. The quantitative estimate of drug-likeness (QED) is 0.0327. The number of nitrogens with one attached hydrogen (secondary N) is 2. The number of hydroxylamine groups is 1. The van der Waals surface area contributed by atoms with Gasteiger partial charge in [-0.05, 0) is 71.0 Å². The number of unbranched alkanes of at least 4 members (excludes halogenated alkanes) is 3. The number of thioether (sulfide) groups is 1. The number of amides is 2. The van der Waals surface area contributed by atoms with E-state index in [1.165, 1.54) is 0 Å². The van der Waals surface area contributed by atoms with E-state index in [-0.39, 0.29) is 42.6 Å². The van der Waals surface area contributed by atoms with E-state index in [1.54, 1.807) is 29.4 Å². The highest BCUT2D eigenvalue weighted by molar-refractivity contribution is 7.99. The molecular formula is C40H44N2O8S. The fourth-order valence-corrected chi connectivity index (χ4v) is 6.79. The maximum absolute atomic E-state index is 12.4. The van der Waals surface area contributed by atoms with Gasteiger partial charge in [-0.3, -0.25) is 14.8 Å². The van der Waals surface area contributed by atoms with Crippen molar-refractivity contribution in [3.63, 3.8) is 0 Å². The van der Waals surface area contributed by atoms with Crippen LogP contribution in [0.25, 0.3) is 11.1 Å². The minimum atomic E-state index is -0.954. The van der Waals surface area contributed by atoms with Gasteiger partial charge in [0.2, 0.25) is 11.8 Å². The molecule has 5 N–H and O–H groups in total. The Balaban J connectivity index is 1.19. The van der Waals surface area contributed by atoms with E-state index in [0.717, 1.165) is 57.5 Å². The van der Waals surface area contributed by atoms with Crippen molar-refractivity contribution in [1.82, 2.24) is 10.8 Å². The van der Waals surface area contributed by atoms with E-state index < -0.39 is 12.3 Å². The molecule has 3 atom stereocenters. The maximum atomic E-state index is 12.4. The molecule has 1 fully saturated rings. The minimum absolute atomic E-state index is 0.0132. The Labute approximate surface area is 302 Å². The molecule has 0 radical (unpaired) electrons. The van der Waals surface area contributed by atoms with Gasteiger partial charge in [0.15, 0.2) is 6.29 Å². The summed E-state index contributed by atoms with van der Waals surface area (Å²) in [6, 6.07) is 30.8. The monoisotopic (exact) mass is 712 g/mol. The Bertz CT molecular complexity index is 1730. The van der Waals surface area contributed by atoms with Crippen LogP contribution in [0.2, 0.25) is 0 Å². The first-order valence-corrected chi connectivity index (χ1v) is 18.2. The molecule has 0 saturated carbocycles. The number of hydrogen-bond donors (Lipinski definition) is 5. The highest BCUT2D eigenvalue weighted by atomic mass is 32.2. The Morgan fingerprint density at radius 1 is 0.745 bits per heavy atom. The fourth-order valence-electron chi connectivity index (χ4n) is 5.87. The Morgan fingerprint density at radius 3 is 2.10 bits per heavy atom. The van der Waals surface area contributed by atoms with Gasteiger partial charge in [0.25, 0.3) is 0 Å². The zero-order valence-corrected chi connectivity index (χ0v) is 29.1. The third kappa shape index (κ3) is 11.5. The molecule has 1 aliphatic heterocycles. The van der Waals surface area contributed by atoms with Crippen LogP contribution in [0.4, 0.5) is 0 Å². The summed E-state index contributed by atoms with van der Waals surface area (Å²) in [5.74, 6) is -0.700. The Kier molecular flexibility index (Phi) is 14.2. The van der Waals surface area contributed by atoms with Crippen LogP contribution >= 0.6 is 11.8 Å². The molecule has 4 aromatic carbocycles. The zero-order chi connectivity index (χ0) is 36.0. The molecule has 0 unspecified atom stereocenters. The molecule has 1 heterocycles. The van der Waals surface area contributed by atoms with Gasteiger partial charge < -0.3 is 25.0 Å². The molecule has 0 aliphatic carbocycles. The highest BCUT2D eigenvalue weighted by Crippen LogP contribution is 2.40. The van der Waals surface area contributed by atoms with Gasteiger partial charge in [0.1, 0.15) is 0 Å². The van der Waals surface area contributed by atoms with Gasteiger partial charge in [-0.1, -0.05) is 79.6 Å². The van der Waals surface area contributed by atoms with Gasteiger partial charge in [0.05, 0.1) is 24.4 Å². The summed E-state index contributed by atoms with van der Waals surface area (Å²) >= 11 is 1.61. The van der Waals surface area contributed by atoms with E-state index in [1.807, 2.05) is 78.9 Å². The summed E-state index contributed by atoms with van der Waals surface area (Å²) in [6.07, 6.45) is 3.48. The molecule has 4 aromatic rings. The van der Waals surface area contributed by atoms with Crippen molar-refractivity contribution in [2.75, 3.05) is 5.75 Å². The minimum Gasteiger partial charge on any atom is -0.478 e. The van der Waals surface area contributed by atoms with E-state index in [2.05, 4.69) is 11.4 Å². The number of ether oxygens (including phenoxy) is 2. The summed E-state index contributed by atoms with van der Waals surface area (Å²) in [4.78, 5) is 35.7. The molecule has 2 amide bonds. The van der Waals surface area contributed by atoms with Crippen LogP contribution in [-0.4, -0.2) is 45.1 Å². The van der Waals surface area contributed by atoms with E-state index in [9.17, 15) is 24.6 Å². The summed E-state index contributed by atoms with van der Waals surface area (Å²) in [7, 11) is 0. The molecule has 10 nitrogen and oxygen atoms in total. The van der Waals surface area contributed by atoms with Crippen LogP contribution in [0.15, 0.2) is 102 Å². The Hall–Kier alpha value is -4.52. The fraction of sp³-hybridized carbons (Fsp3) is 0.325. The molecule has 1 aliphatic rings. The van der Waals surface area contributed by atoms with Gasteiger partial charge in [-0.15, -0.1) is 11.8 Å². The number of rotatable bonds is 17. The average molecular weight is 713 g/mol. The molecule has 0 spiro atoms. The van der Waals surface area contributed by atoms with Gasteiger partial charge in [-0.2, -0.15) is 0 Å². The topological polar surface area (TPSA) is 154 Å². The van der Waals surface area contributed by atoms with Gasteiger partial charge >= 0.3 is 5.97 Å². The predicted octanol–water partition coefficient (Wildman–Crippen LogP) is 7.34. The standard InChI is InChI=1S/C40H44N2O8S/c43-25-27-10-12-30(13-11-27)36-23-34(26-51-35-20-18-31(19-21-35)39(46)47)49-40(50-36)32-16-14-29(15-17-32)33-7-5-6-28(22-33)24-41-37(44)8-3-1-2-4-9-38(45)42-48/h5-7,10-22,34,36,40,43,48H,1-4,8-9,23-26H2,(H,41,44)(H,42,45)(H,46,47)/t34-,36+,40+/m1/s1. The number of carbonyl (C=O) groups is 3. The molecule has 0 aromatic heterocycles. The largest absolute Gasteiger partial charge is 0.478 e. The number of aromatic carboxylic acids is 1. The third-order valence-electron chi connectivity index (χ3n) is 8.77. The van der Waals surface area contributed by atoms with Crippen LogP contribution in [0.3, 0.4) is 0 Å². The number of benzene rings is 4. The van der Waals surface area contributed by atoms with Crippen molar-refractivity contribution >= 4 is 29.5 Å². The number of carbonyl (C=O) groups excluding carboxylic acids is 2. The number of hydrogen-bond acceptors (Lipinski definition) is 8. The Morgan fingerprint density at radius 2 is 1.43 bits per heavy atom. The lowest BCUT2D eigenvalue weighted by Crippen LogP contribution is -2.31. The van der Waals surface area contributed by atoms with Crippen LogP contribution in [0.5, 0.6) is 0 Å². The molecule has 5 rings (SSSR count). The summed E-state index contributed by atoms with van der Waals surface area (Å²) in [5.41, 5.74) is 7.63. The van der Waals surface area contributed by atoms with Crippen molar-refractivity contribution in [3.05, 3.63) is 125 Å². The molecule has 51 heavy (non-hydrogen) atoms. The maximum Gasteiger partial charge on any atom is 0.335 e. The lowest BCUT2D eigenvalue weighted by molar-refractivity contribution is -0.245. The van der Waals surface area contributed by atoms with Crippen molar-refractivity contribution in [2.24, 2.45) is 0 Å². The number of aliphatic hydroxyl groups excluding tert-OH is 1. The number of carboxylic acid groups (broad SMARTS) is 1. The summed E-state index contributed by atoms with van der Waals surface area (Å²) in [5, 5.41) is 30.3. The second-order valence-electron chi connectivity index (χ2n) is 12.5. The molecule has 268 valence electrons. The van der Waals surface area contributed by atoms with Gasteiger partial charge in [-0.25, -0.2) is 10.3 Å². The van der Waals surface area contributed by atoms with E-state index >= 15 is 0 Å². The normalized spacial score (nSPS) is 17.1. The first-order chi connectivity index (χ1) is 24.8. The van der Waals surface area contributed by atoms with Crippen molar-refractivity contribution < 1.29 is 39.3 Å². The van der Waals surface area contributed by atoms with Crippen LogP contribution in [-0.2, 0) is 32.2 Å².